The monoisotopic (exact) mass is 511 g/mol. The molecular formula is C28H25N5O3S. The number of nitrogens with zero attached hydrogens (tertiary/aromatic N) is 4. The van der Waals surface area contributed by atoms with Crippen molar-refractivity contribution in [3.63, 3.8) is 0 Å². The zero-order valence-corrected chi connectivity index (χ0v) is 21.1. The van der Waals surface area contributed by atoms with Gasteiger partial charge in [0.25, 0.3) is 0 Å². The lowest BCUT2D eigenvalue weighted by Gasteiger charge is -2.38. The summed E-state index contributed by atoms with van der Waals surface area (Å²) in [6, 6.07) is 22.4. The summed E-state index contributed by atoms with van der Waals surface area (Å²) in [5.41, 5.74) is 11.9. The summed E-state index contributed by atoms with van der Waals surface area (Å²) in [6.45, 7) is 2.98. The number of aromatic nitrogens is 2. The van der Waals surface area contributed by atoms with Gasteiger partial charge in [-0.2, -0.15) is 0 Å². The summed E-state index contributed by atoms with van der Waals surface area (Å²) in [7, 11) is -3.23. The molecule has 0 saturated carbocycles. The average molecular weight is 512 g/mol. The van der Waals surface area contributed by atoms with Crippen LogP contribution in [0.4, 0.5) is 17.3 Å². The Morgan fingerprint density at radius 1 is 0.757 bits per heavy atom. The number of piperazine rings is 1. The Bertz CT molecular complexity index is 1630. The van der Waals surface area contributed by atoms with Crippen LogP contribution in [0.15, 0.2) is 77.7 Å². The SMILES string of the molecule is CS(=O)(=O)c1ccc(N2CCN(c3cccc4c3-c3nc(N)nc(-c5ccccc5)c3C4=O)CC2)cc1. The van der Waals surface area contributed by atoms with E-state index in [1.165, 1.54) is 6.26 Å². The number of nitrogens with two attached hydrogens (primary N) is 1. The number of rotatable bonds is 4. The number of nitrogen functional groups attached to an aromatic ring is 1. The highest BCUT2D eigenvalue weighted by atomic mass is 32.2. The molecule has 0 amide bonds. The fraction of sp³-hybridized carbons (Fsp3) is 0.179. The molecule has 1 aliphatic heterocycles. The van der Waals surface area contributed by atoms with Crippen LogP contribution in [-0.4, -0.2) is 56.6 Å². The van der Waals surface area contributed by atoms with Crippen molar-refractivity contribution in [2.24, 2.45) is 0 Å². The second-order valence-corrected chi connectivity index (χ2v) is 11.3. The smallest absolute Gasteiger partial charge is 0.221 e. The van der Waals surface area contributed by atoms with Crippen LogP contribution in [0.5, 0.6) is 0 Å². The summed E-state index contributed by atoms with van der Waals surface area (Å²) < 4.78 is 23.6. The topological polar surface area (TPSA) is 109 Å². The van der Waals surface area contributed by atoms with Gasteiger partial charge >= 0.3 is 0 Å². The van der Waals surface area contributed by atoms with Crippen LogP contribution >= 0.6 is 0 Å². The molecule has 0 bridgehead atoms. The van der Waals surface area contributed by atoms with E-state index < -0.39 is 9.84 Å². The molecule has 0 unspecified atom stereocenters. The Hall–Kier alpha value is -4.24. The summed E-state index contributed by atoms with van der Waals surface area (Å²) in [6.07, 6.45) is 1.21. The van der Waals surface area contributed by atoms with Crippen LogP contribution in [0, 0.1) is 0 Å². The van der Waals surface area contributed by atoms with E-state index >= 15 is 0 Å². The zero-order chi connectivity index (χ0) is 25.7. The molecular weight excluding hydrogens is 486 g/mol. The van der Waals surface area contributed by atoms with E-state index in [9.17, 15) is 13.2 Å². The molecule has 1 aliphatic carbocycles. The molecule has 4 aromatic rings. The fourth-order valence-corrected chi connectivity index (χ4v) is 5.80. The van der Waals surface area contributed by atoms with E-state index in [1.807, 2.05) is 60.7 Å². The van der Waals surface area contributed by atoms with E-state index in [0.717, 1.165) is 48.7 Å². The Morgan fingerprint density at radius 2 is 1.41 bits per heavy atom. The van der Waals surface area contributed by atoms with Gasteiger partial charge in [0.1, 0.15) is 0 Å². The van der Waals surface area contributed by atoms with Gasteiger partial charge in [0, 0.05) is 60.5 Å². The molecule has 1 aromatic heterocycles. The van der Waals surface area contributed by atoms with E-state index in [0.29, 0.717) is 27.4 Å². The van der Waals surface area contributed by atoms with E-state index in [2.05, 4.69) is 19.8 Å². The molecule has 1 saturated heterocycles. The van der Waals surface area contributed by atoms with Crippen molar-refractivity contribution in [2.45, 2.75) is 4.90 Å². The van der Waals surface area contributed by atoms with Crippen LogP contribution in [0.3, 0.4) is 0 Å². The van der Waals surface area contributed by atoms with Crippen molar-refractivity contribution in [1.29, 1.82) is 0 Å². The largest absolute Gasteiger partial charge is 0.368 e. The lowest BCUT2D eigenvalue weighted by molar-refractivity contribution is 0.104. The first-order valence-corrected chi connectivity index (χ1v) is 13.9. The van der Waals surface area contributed by atoms with E-state index in [-0.39, 0.29) is 11.7 Å². The molecule has 0 spiro atoms. The van der Waals surface area contributed by atoms with E-state index in [4.69, 9.17) is 5.73 Å². The molecule has 6 rings (SSSR count). The molecule has 0 radical (unpaired) electrons. The minimum Gasteiger partial charge on any atom is -0.368 e. The molecule has 2 heterocycles. The van der Waals surface area contributed by atoms with Crippen LogP contribution in [-0.2, 0) is 9.84 Å². The number of hydrogen-bond acceptors (Lipinski definition) is 8. The third-order valence-corrected chi connectivity index (χ3v) is 8.10. The first-order valence-electron chi connectivity index (χ1n) is 12.0. The van der Waals surface area contributed by atoms with Crippen molar-refractivity contribution in [3.8, 4) is 22.5 Å². The molecule has 1 fully saturated rings. The number of ketones is 1. The van der Waals surface area contributed by atoms with Crippen molar-refractivity contribution in [3.05, 3.63) is 83.9 Å². The van der Waals surface area contributed by atoms with Crippen LogP contribution in [0.2, 0.25) is 0 Å². The van der Waals surface area contributed by atoms with Crippen LogP contribution < -0.4 is 15.5 Å². The molecule has 8 nitrogen and oxygen atoms in total. The highest BCUT2D eigenvalue weighted by Crippen LogP contribution is 2.45. The fourth-order valence-electron chi connectivity index (χ4n) is 5.17. The molecule has 37 heavy (non-hydrogen) atoms. The average Bonchev–Trinajstić information content (AvgIpc) is 3.20. The Balaban J connectivity index is 1.32. The van der Waals surface area contributed by atoms with Gasteiger partial charge in [-0.1, -0.05) is 42.5 Å². The second kappa shape index (κ2) is 8.70. The third kappa shape index (κ3) is 4.01. The Morgan fingerprint density at radius 3 is 2.08 bits per heavy atom. The molecule has 3 aromatic carbocycles. The van der Waals surface area contributed by atoms with Gasteiger partial charge in [0.2, 0.25) is 5.95 Å². The first kappa shape index (κ1) is 23.2. The van der Waals surface area contributed by atoms with Gasteiger partial charge in [-0.25, -0.2) is 18.4 Å². The van der Waals surface area contributed by atoms with Gasteiger partial charge in [-0.3, -0.25) is 4.79 Å². The predicted octanol–water partition coefficient (Wildman–Crippen LogP) is 3.67. The molecule has 0 atom stereocenters. The van der Waals surface area contributed by atoms with E-state index in [1.54, 1.807) is 12.1 Å². The summed E-state index contributed by atoms with van der Waals surface area (Å²) in [5, 5.41) is 0. The summed E-state index contributed by atoms with van der Waals surface area (Å²) >= 11 is 0. The predicted molar refractivity (Wildman–Crippen MR) is 145 cm³/mol. The standard InChI is InChI=1S/C28H25N5O3S/c1-37(35,36)20-12-10-19(11-13-20)32-14-16-33(17-15-32)22-9-5-8-21-23(22)26-24(27(21)34)25(30-28(29)31-26)18-6-3-2-4-7-18/h2-13H,14-17H2,1H3,(H2,29,30,31). The van der Waals surface area contributed by atoms with Crippen molar-refractivity contribution >= 4 is 32.9 Å². The molecule has 186 valence electrons. The Kier molecular flexibility index (Phi) is 5.45. The van der Waals surface area contributed by atoms with Gasteiger partial charge in [-0.05, 0) is 30.3 Å². The summed E-state index contributed by atoms with van der Waals surface area (Å²) in [4.78, 5) is 27.4. The number of benzene rings is 3. The maximum Gasteiger partial charge on any atom is 0.221 e. The first-order chi connectivity index (χ1) is 17.8. The lowest BCUT2D eigenvalue weighted by atomic mass is 10.0. The number of anilines is 3. The number of fused-ring (bicyclic) bond motifs is 3. The molecule has 2 aliphatic rings. The van der Waals surface area contributed by atoms with Gasteiger partial charge in [0.15, 0.2) is 15.6 Å². The van der Waals surface area contributed by atoms with Crippen molar-refractivity contribution < 1.29 is 13.2 Å². The maximum atomic E-state index is 13.6. The number of hydrogen-bond donors (Lipinski definition) is 1. The van der Waals surface area contributed by atoms with Gasteiger partial charge in [0.05, 0.1) is 21.8 Å². The lowest BCUT2D eigenvalue weighted by Crippen LogP contribution is -2.46. The highest BCUT2D eigenvalue weighted by Gasteiger charge is 2.35. The van der Waals surface area contributed by atoms with Gasteiger partial charge < -0.3 is 15.5 Å². The van der Waals surface area contributed by atoms with Crippen LogP contribution in [0.1, 0.15) is 15.9 Å². The summed E-state index contributed by atoms with van der Waals surface area (Å²) in [5.74, 6) is 0.0470. The number of carbonyl (C=O) groups excluding carboxylic acids is 1. The number of sulfone groups is 1. The third-order valence-electron chi connectivity index (χ3n) is 6.97. The van der Waals surface area contributed by atoms with Crippen molar-refractivity contribution in [1.82, 2.24) is 9.97 Å². The van der Waals surface area contributed by atoms with Crippen molar-refractivity contribution in [2.75, 3.05) is 48.0 Å². The zero-order valence-electron chi connectivity index (χ0n) is 20.3. The second-order valence-electron chi connectivity index (χ2n) is 9.29. The minimum absolute atomic E-state index is 0.0877. The minimum atomic E-state index is -3.23. The highest BCUT2D eigenvalue weighted by molar-refractivity contribution is 7.90. The number of carbonyl (C=O) groups is 1. The molecule has 2 N–H and O–H groups in total. The van der Waals surface area contributed by atoms with Crippen LogP contribution in [0.25, 0.3) is 22.5 Å². The maximum absolute atomic E-state index is 13.6. The van der Waals surface area contributed by atoms with Gasteiger partial charge in [-0.15, -0.1) is 0 Å². The normalized spacial score (nSPS) is 15.0. The quantitative estimate of drug-likeness (QED) is 0.389. The Labute approximate surface area is 215 Å². The molecule has 9 heteroatoms.